The van der Waals surface area contributed by atoms with E-state index < -0.39 is 0 Å². The molecule has 1 aliphatic rings. The maximum Gasteiger partial charge on any atom is 0.125 e. The van der Waals surface area contributed by atoms with Crippen LogP contribution in [0.1, 0.15) is 0 Å². The Balaban J connectivity index is 1.35. The monoisotopic (exact) mass is 359 g/mol. The zero-order valence-electron chi connectivity index (χ0n) is 13.8. The quantitative estimate of drug-likeness (QED) is 0.717. The molecule has 1 fully saturated rings. The molecular weight excluding hydrogens is 341 g/mol. The second kappa shape index (κ2) is 6.98. The highest BCUT2D eigenvalue weighted by Crippen LogP contribution is 2.25. The molecule has 0 atom stereocenters. The third-order valence-corrected chi connectivity index (χ3v) is 5.00. The lowest BCUT2D eigenvalue weighted by molar-refractivity contribution is 0.249. The minimum atomic E-state index is -0.247. The lowest BCUT2D eigenvalue weighted by Crippen LogP contribution is -2.47. The van der Waals surface area contributed by atoms with E-state index in [9.17, 15) is 4.39 Å². The van der Waals surface area contributed by atoms with Crippen molar-refractivity contribution in [2.45, 2.75) is 6.54 Å². The van der Waals surface area contributed by atoms with Crippen molar-refractivity contribution in [1.29, 1.82) is 0 Å². The Morgan fingerprint density at radius 1 is 1.08 bits per heavy atom. The normalized spacial score (nSPS) is 15.8. The molecule has 5 nitrogen and oxygen atoms in total. The van der Waals surface area contributed by atoms with Crippen molar-refractivity contribution in [3.05, 3.63) is 53.8 Å². The van der Waals surface area contributed by atoms with Crippen LogP contribution in [-0.4, -0.2) is 52.2 Å². The van der Waals surface area contributed by atoms with Crippen molar-refractivity contribution < 1.29 is 4.39 Å². The summed E-state index contributed by atoms with van der Waals surface area (Å²) in [6.45, 7) is 5.65. The van der Waals surface area contributed by atoms with Crippen LogP contribution in [0.4, 0.5) is 10.1 Å². The summed E-state index contributed by atoms with van der Waals surface area (Å²) < 4.78 is 15.3. The average Bonchev–Trinajstić information content (AvgIpc) is 3.03. The maximum absolute atomic E-state index is 13.3. The molecule has 1 saturated heterocycles. The number of aromatic nitrogens is 3. The number of pyridine rings is 1. The molecule has 0 unspecified atom stereocenters. The summed E-state index contributed by atoms with van der Waals surface area (Å²) >= 11 is 6.23. The third kappa shape index (κ3) is 3.45. The molecule has 3 heterocycles. The predicted octanol–water partition coefficient (Wildman–Crippen LogP) is 3.05. The van der Waals surface area contributed by atoms with Gasteiger partial charge in [0.1, 0.15) is 5.82 Å². The fraction of sp³-hybridized carbons (Fsp3) is 0.333. The topological polar surface area (TPSA) is 37.2 Å². The molecule has 0 radical (unpaired) electrons. The largest absolute Gasteiger partial charge is 0.368 e. The molecule has 25 heavy (non-hydrogen) atoms. The van der Waals surface area contributed by atoms with Crippen LogP contribution in [0.25, 0.3) is 11.0 Å². The Hall–Kier alpha value is -2.18. The number of benzene rings is 1. The summed E-state index contributed by atoms with van der Waals surface area (Å²) in [6, 6.07) is 6.72. The van der Waals surface area contributed by atoms with Gasteiger partial charge in [-0.1, -0.05) is 11.6 Å². The standard InChI is InChI=1S/C18H19ClFN5/c19-15-12-21-4-3-17(15)24-8-5-23(6-9-24)7-10-25-13-22-16-11-14(20)1-2-18(16)25/h1-4,11-13H,5-10H2. The molecule has 4 rings (SSSR count). The zero-order chi connectivity index (χ0) is 17.2. The van der Waals surface area contributed by atoms with Crippen molar-refractivity contribution in [3.8, 4) is 0 Å². The van der Waals surface area contributed by atoms with Crippen molar-refractivity contribution in [3.63, 3.8) is 0 Å². The third-order valence-electron chi connectivity index (χ3n) is 4.70. The Labute approximate surface area is 150 Å². The Bertz CT molecular complexity index is 873. The van der Waals surface area contributed by atoms with Gasteiger partial charge >= 0.3 is 0 Å². The first-order valence-corrected chi connectivity index (χ1v) is 8.76. The number of halogens is 2. The summed E-state index contributed by atoms with van der Waals surface area (Å²) in [5, 5.41) is 0.702. The molecule has 1 aliphatic heterocycles. The van der Waals surface area contributed by atoms with Gasteiger partial charge in [0.25, 0.3) is 0 Å². The van der Waals surface area contributed by atoms with E-state index in [2.05, 4.69) is 24.3 Å². The molecule has 0 saturated carbocycles. The number of anilines is 1. The lowest BCUT2D eigenvalue weighted by Gasteiger charge is -2.36. The number of hydrogen-bond donors (Lipinski definition) is 0. The first-order chi connectivity index (χ1) is 12.2. The van der Waals surface area contributed by atoms with E-state index in [1.165, 1.54) is 12.1 Å². The van der Waals surface area contributed by atoms with Gasteiger partial charge in [0.2, 0.25) is 0 Å². The van der Waals surface area contributed by atoms with E-state index in [-0.39, 0.29) is 5.82 Å². The van der Waals surface area contributed by atoms with Crippen LogP contribution in [0.3, 0.4) is 0 Å². The molecule has 2 aromatic heterocycles. The minimum absolute atomic E-state index is 0.247. The van der Waals surface area contributed by atoms with Crippen molar-refractivity contribution in [2.75, 3.05) is 37.6 Å². The van der Waals surface area contributed by atoms with Gasteiger partial charge in [0, 0.05) is 57.7 Å². The fourth-order valence-electron chi connectivity index (χ4n) is 3.30. The van der Waals surface area contributed by atoms with Crippen LogP contribution < -0.4 is 4.90 Å². The van der Waals surface area contributed by atoms with Crippen molar-refractivity contribution in [1.82, 2.24) is 19.4 Å². The molecular formula is C18H19ClFN5. The van der Waals surface area contributed by atoms with E-state index in [1.807, 2.05) is 6.07 Å². The van der Waals surface area contributed by atoms with Crippen LogP contribution in [0.15, 0.2) is 43.0 Å². The lowest BCUT2D eigenvalue weighted by atomic mass is 10.2. The van der Waals surface area contributed by atoms with Gasteiger partial charge < -0.3 is 9.47 Å². The van der Waals surface area contributed by atoms with Gasteiger partial charge in [-0.15, -0.1) is 0 Å². The Kier molecular flexibility index (Phi) is 4.55. The minimum Gasteiger partial charge on any atom is -0.368 e. The van der Waals surface area contributed by atoms with Gasteiger partial charge in [-0.2, -0.15) is 0 Å². The van der Waals surface area contributed by atoms with Crippen LogP contribution in [0.2, 0.25) is 5.02 Å². The van der Waals surface area contributed by atoms with E-state index in [1.54, 1.807) is 24.8 Å². The first kappa shape index (κ1) is 16.3. The van der Waals surface area contributed by atoms with E-state index in [4.69, 9.17) is 11.6 Å². The average molecular weight is 360 g/mol. The van der Waals surface area contributed by atoms with Crippen LogP contribution in [0.5, 0.6) is 0 Å². The number of imidazole rings is 1. The molecule has 3 aromatic rings. The highest BCUT2D eigenvalue weighted by molar-refractivity contribution is 6.33. The summed E-state index contributed by atoms with van der Waals surface area (Å²) in [5.41, 5.74) is 2.74. The van der Waals surface area contributed by atoms with Gasteiger partial charge in [-0.05, 0) is 18.2 Å². The first-order valence-electron chi connectivity index (χ1n) is 8.38. The number of piperazine rings is 1. The molecule has 0 bridgehead atoms. The Morgan fingerprint density at radius 2 is 1.92 bits per heavy atom. The molecule has 0 spiro atoms. The highest BCUT2D eigenvalue weighted by Gasteiger charge is 2.18. The van der Waals surface area contributed by atoms with Crippen LogP contribution >= 0.6 is 11.6 Å². The Morgan fingerprint density at radius 3 is 2.72 bits per heavy atom. The van der Waals surface area contributed by atoms with E-state index in [0.717, 1.165) is 50.5 Å². The predicted molar refractivity (Wildman–Crippen MR) is 97.6 cm³/mol. The molecule has 130 valence electrons. The van der Waals surface area contributed by atoms with Crippen molar-refractivity contribution in [2.24, 2.45) is 0 Å². The highest BCUT2D eigenvalue weighted by atomic mass is 35.5. The maximum atomic E-state index is 13.3. The number of rotatable bonds is 4. The number of hydrogen-bond acceptors (Lipinski definition) is 4. The smallest absolute Gasteiger partial charge is 0.125 e. The molecule has 0 aliphatic carbocycles. The van der Waals surface area contributed by atoms with E-state index in [0.29, 0.717) is 10.5 Å². The van der Waals surface area contributed by atoms with Gasteiger partial charge in [-0.25, -0.2) is 9.37 Å². The molecule has 0 amide bonds. The molecule has 7 heteroatoms. The summed E-state index contributed by atoms with van der Waals surface area (Å²) in [6.07, 6.45) is 5.26. The van der Waals surface area contributed by atoms with Gasteiger partial charge in [0.15, 0.2) is 0 Å². The van der Waals surface area contributed by atoms with Gasteiger partial charge in [-0.3, -0.25) is 9.88 Å². The van der Waals surface area contributed by atoms with E-state index >= 15 is 0 Å². The molecule has 1 aromatic carbocycles. The fourth-order valence-corrected chi connectivity index (χ4v) is 3.54. The second-order valence-electron chi connectivity index (χ2n) is 6.23. The number of fused-ring (bicyclic) bond motifs is 1. The zero-order valence-corrected chi connectivity index (χ0v) is 14.5. The summed E-state index contributed by atoms with van der Waals surface area (Å²) in [4.78, 5) is 13.1. The molecule has 0 N–H and O–H groups in total. The van der Waals surface area contributed by atoms with Crippen molar-refractivity contribution >= 4 is 28.3 Å². The second-order valence-corrected chi connectivity index (χ2v) is 6.63. The number of nitrogens with zero attached hydrogens (tertiary/aromatic N) is 5. The van der Waals surface area contributed by atoms with Crippen LogP contribution in [0, 0.1) is 5.82 Å². The van der Waals surface area contributed by atoms with Gasteiger partial charge in [0.05, 0.1) is 28.1 Å². The van der Waals surface area contributed by atoms with Crippen LogP contribution in [-0.2, 0) is 6.54 Å². The SMILES string of the molecule is Fc1ccc2c(c1)ncn2CCN1CCN(c2ccncc2Cl)CC1. The summed E-state index contributed by atoms with van der Waals surface area (Å²) in [5.74, 6) is -0.247. The summed E-state index contributed by atoms with van der Waals surface area (Å²) in [7, 11) is 0.